The molecule has 0 amide bonds. The van der Waals surface area contributed by atoms with Crippen molar-refractivity contribution in [1.29, 1.82) is 0 Å². The number of halogens is 1. The summed E-state index contributed by atoms with van der Waals surface area (Å²) in [6.07, 6.45) is 18.4. The molecule has 1 unspecified atom stereocenters. The van der Waals surface area contributed by atoms with Crippen LogP contribution >= 0.6 is 0 Å². The smallest absolute Gasteiger partial charge is 0 e. The van der Waals surface area contributed by atoms with Crippen LogP contribution in [0.25, 0.3) is 0 Å². The Labute approximate surface area is 154 Å². The van der Waals surface area contributed by atoms with Gasteiger partial charge in [0.2, 0.25) is 0 Å². The maximum atomic E-state index is 2.59. The molecular formula is C19H31FU. The second-order valence-electron chi connectivity index (χ2n) is 6.90. The molecule has 0 aromatic carbocycles. The first-order chi connectivity index (χ1) is 9.28. The largest absolute Gasteiger partial charge is 0.269 e. The van der Waals surface area contributed by atoms with Gasteiger partial charge in [0.25, 0.3) is 0 Å². The number of fused-ring (bicyclic) bond motifs is 1. The van der Waals surface area contributed by atoms with E-state index < -0.39 is 0 Å². The molecule has 0 saturated heterocycles. The van der Waals surface area contributed by atoms with Gasteiger partial charge < -0.3 is 0 Å². The Balaban J connectivity index is 0.00000147. The normalized spacial score (nSPS) is 31.7. The number of hydrogen-bond acceptors (Lipinski definition) is 0. The summed E-state index contributed by atoms with van der Waals surface area (Å²) in [6, 6.07) is 0. The first kappa shape index (κ1) is 19.2. The van der Waals surface area contributed by atoms with Gasteiger partial charge in [-0.15, -0.1) is 0 Å². The quantitative estimate of drug-likeness (QED) is 0.409. The van der Waals surface area contributed by atoms with Gasteiger partial charge in [0.1, 0.15) is 0 Å². The Morgan fingerprint density at radius 1 is 1.19 bits per heavy atom. The molecule has 118 valence electrons. The van der Waals surface area contributed by atoms with Gasteiger partial charge in [-0.05, 0) is 67.4 Å². The van der Waals surface area contributed by atoms with Crippen molar-refractivity contribution in [2.45, 2.75) is 65.2 Å². The number of allylic oxidation sites excluding steroid dienone is 6. The average molecular weight is 516 g/mol. The van der Waals surface area contributed by atoms with Crippen LogP contribution in [0.3, 0.4) is 0 Å². The summed E-state index contributed by atoms with van der Waals surface area (Å²) in [4.78, 5) is 0. The minimum Gasteiger partial charge on any atom is -0.269 e. The zero-order valence-corrected chi connectivity index (χ0v) is 17.7. The second kappa shape index (κ2) is 8.73. The summed E-state index contributed by atoms with van der Waals surface area (Å²) in [5.74, 6) is 2.68. The molecule has 1 fully saturated rings. The van der Waals surface area contributed by atoms with Gasteiger partial charge in [-0.3, -0.25) is 4.70 Å². The molecule has 3 rings (SSSR count). The monoisotopic (exact) mass is 516 g/mol. The molecule has 0 nitrogen and oxygen atoms in total. The van der Waals surface area contributed by atoms with Crippen molar-refractivity contribution >= 4 is 0 Å². The van der Waals surface area contributed by atoms with E-state index in [2.05, 4.69) is 32.1 Å². The molecule has 0 radical (unpaired) electrons. The standard InChI is InChI=1S/C19H28.FH.U.H2/c1-3-15-12-17-6-4-5-7-18(17)19(13-15)16-10-8-14(2)9-11-16;;;/h5,7,12,14-16H,3-4,6,8-11,13H2,1-2H3;1H;;1H. The van der Waals surface area contributed by atoms with Crippen molar-refractivity contribution in [2.24, 2.45) is 17.8 Å². The van der Waals surface area contributed by atoms with Gasteiger partial charge in [0.15, 0.2) is 0 Å². The molecule has 0 spiro atoms. The summed E-state index contributed by atoms with van der Waals surface area (Å²) >= 11 is 0. The van der Waals surface area contributed by atoms with Crippen LogP contribution in [-0.4, -0.2) is 0 Å². The van der Waals surface area contributed by atoms with Crippen LogP contribution in [0, 0.1) is 48.9 Å². The van der Waals surface area contributed by atoms with E-state index in [1.165, 1.54) is 51.4 Å². The van der Waals surface area contributed by atoms with E-state index >= 15 is 0 Å². The van der Waals surface area contributed by atoms with Gasteiger partial charge in [-0.25, -0.2) is 0 Å². The number of hydrogen-bond donors (Lipinski definition) is 0. The summed E-state index contributed by atoms with van der Waals surface area (Å²) in [5, 5.41) is 0. The summed E-state index contributed by atoms with van der Waals surface area (Å²) in [7, 11) is 0. The Morgan fingerprint density at radius 2 is 1.90 bits per heavy atom. The Morgan fingerprint density at radius 3 is 2.57 bits per heavy atom. The van der Waals surface area contributed by atoms with Gasteiger partial charge in [-0.2, -0.15) is 0 Å². The van der Waals surface area contributed by atoms with Crippen molar-refractivity contribution < 1.29 is 37.2 Å². The third-order valence-corrected chi connectivity index (χ3v) is 5.51. The van der Waals surface area contributed by atoms with E-state index in [0.29, 0.717) is 0 Å². The van der Waals surface area contributed by atoms with Crippen molar-refractivity contribution in [1.82, 2.24) is 0 Å². The maximum Gasteiger partial charge on any atom is 0 e. The molecule has 3 aliphatic carbocycles. The van der Waals surface area contributed by atoms with Gasteiger partial charge in [0.05, 0.1) is 0 Å². The fourth-order valence-electron chi connectivity index (χ4n) is 4.16. The van der Waals surface area contributed by atoms with Crippen molar-refractivity contribution in [2.75, 3.05) is 0 Å². The predicted octanol–water partition coefficient (Wildman–Crippen LogP) is 6.21. The first-order valence-electron chi connectivity index (χ1n) is 8.38. The van der Waals surface area contributed by atoms with Crippen molar-refractivity contribution in [3.8, 4) is 0 Å². The summed E-state index contributed by atoms with van der Waals surface area (Å²) in [5.41, 5.74) is 5.15. The molecule has 1 atom stereocenters. The Bertz CT molecular complexity index is 431. The molecule has 0 aromatic rings. The topological polar surface area (TPSA) is 0 Å². The minimum absolute atomic E-state index is 0. The Hall–Kier alpha value is 0.202. The van der Waals surface area contributed by atoms with Crippen LogP contribution < -0.4 is 0 Å². The third kappa shape index (κ3) is 4.36. The SMILES string of the molecule is CCC1C=C2CCC=CC2=C(C2CCC(C)CC2)C1.F.[HH].[U]. The molecular weight excluding hydrogens is 485 g/mol. The van der Waals surface area contributed by atoms with E-state index in [9.17, 15) is 0 Å². The molecule has 0 heterocycles. The molecule has 21 heavy (non-hydrogen) atoms. The molecule has 0 aromatic heterocycles. The van der Waals surface area contributed by atoms with Crippen LogP contribution in [-0.2, 0) is 0 Å². The molecule has 2 heteroatoms. The van der Waals surface area contributed by atoms with Crippen LogP contribution in [0.15, 0.2) is 34.9 Å². The molecule has 0 aliphatic heterocycles. The van der Waals surface area contributed by atoms with Crippen LogP contribution in [0.5, 0.6) is 0 Å². The van der Waals surface area contributed by atoms with E-state index in [1.807, 2.05) is 5.57 Å². The fourth-order valence-corrected chi connectivity index (χ4v) is 4.16. The second-order valence-corrected chi connectivity index (χ2v) is 6.90. The van der Waals surface area contributed by atoms with Crippen molar-refractivity contribution in [3.05, 3.63) is 34.9 Å². The van der Waals surface area contributed by atoms with Crippen molar-refractivity contribution in [3.63, 3.8) is 0 Å². The molecule has 1 saturated carbocycles. The van der Waals surface area contributed by atoms with E-state index in [-0.39, 0.29) is 37.2 Å². The zero-order valence-electron chi connectivity index (χ0n) is 13.5. The molecule has 3 aliphatic rings. The van der Waals surface area contributed by atoms with Crippen LogP contribution in [0.2, 0.25) is 0 Å². The number of rotatable bonds is 2. The zero-order chi connectivity index (χ0) is 13.2. The first-order valence-corrected chi connectivity index (χ1v) is 8.38. The predicted molar refractivity (Wildman–Crippen MR) is 87.6 cm³/mol. The maximum absolute atomic E-state index is 2.59. The van der Waals surface area contributed by atoms with Gasteiger partial charge in [0, 0.05) is 32.5 Å². The summed E-state index contributed by atoms with van der Waals surface area (Å²) in [6.45, 7) is 4.78. The van der Waals surface area contributed by atoms with Gasteiger partial charge in [-0.1, -0.05) is 50.5 Å². The molecule has 0 bridgehead atoms. The minimum atomic E-state index is 0. The average Bonchev–Trinajstić information content (AvgIpc) is 2.47. The van der Waals surface area contributed by atoms with E-state index in [1.54, 1.807) is 11.1 Å². The Kier molecular flexibility index (Phi) is 8.01. The van der Waals surface area contributed by atoms with Crippen LogP contribution in [0.4, 0.5) is 4.70 Å². The molecule has 0 N–H and O–H groups in total. The third-order valence-electron chi connectivity index (χ3n) is 5.51. The van der Waals surface area contributed by atoms with E-state index in [0.717, 1.165) is 17.8 Å². The van der Waals surface area contributed by atoms with Crippen LogP contribution in [0.1, 0.15) is 66.6 Å². The summed E-state index contributed by atoms with van der Waals surface area (Å²) < 4.78 is 0. The van der Waals surface area contributed by atoms with E-state index in [4.69, 9.17) is 0 Å². The fraction of sp³-hybridized carbons (Fsp3) is 0.684. The van der Waals surface area contributed by atoms with Gasteiger partial charge >= 0.3 is 0 Å².